The minimum Gasteiger partial charge on any atom is -0.462 e. The third-order valence-electron chi connectivity index (χ3n) is 5.52. The van der Waals surface area contributed by atoms with Gasteiger partial charge in [-0.05, 0) is 24.7 Å². The summed E-state index contributed by atoms with van der Waals surface area (Å²) in [6.07, 6.45) is 3.31. The van der Waals surface area contributed by atoms with Gasteiger partial charge in [0.2, 0.25) is 0 Å². The van der Waals surface area contributed by atoms with Crippen LogP contribution in [0.2, 0.25) is 0 Å². The molecule has 3 aliphatic rings. The van der Waals surface area contributed by atoms with Gasteiger partial charge in [0.15, 0.2) is 0 Å². The third kappa shape index (κ3) is 1.65. The molecule has 5 atom stereocenters. The van der Waals surface area contributed by atoms with Crippen LogP contribution in [0.4, 0.5) is 0 Å². The van der Waals surface area contributed by atoms with Gasteiger partial charge in [-0.15, -0.1) is 0 Å². The molecule has 1 aliphatic heterocycles. The van der Waals surface area contributed by atoms with Gasteiger partial charge >= 0.3 is 11.9 Å². The predicted molar refractivity (Wildman–Crippen MR) is 68.1 cm³/mol. The van der Waals surface area contributed by atoms with E-state index < -0.39 is 0 Å². The van der Waals surface area contributed by atoms with Crippen LogP contribution in [0.25, 0.3) is 0 Å². The Morgan fingerprint density at radius 2 is 2.21 bits per heavy atom. The van der Waals surface area contributed by atoms with Gasteiger partial charge < -0.3 is 9.47 Å². The summed E-state index contributed by atoms with van der Waals surface area (Å²) >= 11 is 0. The van der Waals surface area contributed by atoms with Crippen LogP contribution in [0.15, 0.2) is 0 Å². The first-order chi connectivity index (χ1) is 8.96. The quantitative estimate of drug-likeness (QED) is 0.735. The van der Waals surface area contributed by atoms with Gasteiger partial charge in [0.05, 0.1) is 11.8 Å². The van der Waals surface area contributed by atoms with Crippen molar-refractivity contribution in [2.45, 2.75) is 46.1 Å². The second-order valence-corrected chi connectivity index (χ2v) is 6.76. The molecule has 19 heavy (non-hydrogen) atoms. The van der Waals surface area contributed by atoms with Crippen molar-refractivity contribution >= 4 is 11.9 Å². The van der Waals surface area contributed by atoms with E-state index in [-0.39, 0.29) is 41.9 Å². The first kappa shape index (κ1) is 12.9. The Bertz CT molecular complexity index is 416. The summed E-state index contributed by atoms with van der Waals surface area (Å²) in [6, 6.07) is 0. The van der Waals surface area contributed by atoms with Crippen molar-refractivity contribution in [2.75, 3.05) is 6.61 Å². The summed E-state index contributed by atoms with van der Waals surface area (Å²) in [6.45, 7) is 5.98. The average Bonchev–Trinajstić information content (AvgIpc) is 2.85. The number of rotatable bonds is 3. The lowest BCUT2D eigenvalue weighted by atomic mass is 9.48. The molecule has 3 rings (SSSR count). The van der Waals surface area contributed by atoms with Crippen LogP contribution in [0.3, 0.4) is 0 Å². The van der Waals surface area contributed by atoms with E-state index in [0.29, 0.717) is 11.8 Å². The molecule has 0 aromatic heterocycles. The fraction of sp³-hybridized carbons (Fsp3) is 0.867. The smallest absolute Gasteiger partial charge is 0.310 e. The van der Waals surface area contributed by atoms with Crippen molar-refractivity contribution in [1.82, 2.24) is 0 Å². The van der Waals surface area contributed by atoms with Crippen LogP contribution >= 0.6 is 0 Å². The van der Waals surface area contributed by atoms with Crippen molar-refractivity contribution in [3.63, 3.8) is 0 Å². The molecule has 0 unspecified atom stereocenters. The zero-order valence-corrected chi connectivity index (χ0v) is 11.8. The van der Waals surface area contributed by atoms with E-state index >= 15 is 0 Å². The lowest BCUT2D eigenvalue weighted by molar-refractivity contribution is -0.158. The number of esters is 2. The molecule has 0 N–H and O–H groups in total. The Morgan fingerprint density at radius 1 is 1.47 bits per heavy atom. The summed E-state index contributed by atoms with van der Waals surface area (Å²) in [7, 11) is 0. The first-order valence-corrected chi connectivity index (χ1v) is 7.33. The standard InChI is InChI=1S/C15H22O4/c1-8(2)13(16)18-7-11-15(3)10-6-4-5-9(10)12(15)14(17)19-11/h8-12H,4-7H2,1-3H3/t9-,10+,11+,12-,15+/m0/s1. The Morgan fingerprint density at radius 3 is 2.89 bits per heavy atom. The van der Waals surface area contributed by atoms with Gasteiger partial charge in [-0.3, -0.25) is 9.59 Å². The van der Waals surface area contributed by atoms with Gasteiger partial charge in [0.1, 0.15) is 12.7 Å². The fourth-order valence-electron chi connectivity index (χ4n) is 4.48. The maximum Gasteiger partial charge on any atom is 0.310 e. The molecular formula is C15H22O4. The Kier molecular flexibility index (Phi) is 2.88. The van der Waals surface area contributed by atoms with Crippen LogP contribution in [0, 0.1) is 29.1 Å². The molecule has 1 heterocycles. The van der Waals surface area contributed by atoms with Crippen molar-refractivity contribution in [3.8, 4) is 0 Å². The minimum absolute atomic E-state index is 0.0442. The highest BCUT2D eigenvalue weighted by Crippen LogP contribution is 2.68. The summed E-state index contributed by atoms with van der Waals surface area (Å²) in [5.41, 5.74) is -0.102. The molecule has 2 aliphatic carbocycles. The lowest BCUT2D eigenvalue weighted by Gasteiger charge is -2.53. The van der Waals surface area contributed by atoms with Crippen LogP contribution in [-0.4, -0.2) is 24.6 Å². The maximum absolute atomic E-state index is 12.0. The van der Waals surface area contributed by atoms with E-state index in [9.17, 15) is 9.59 Å². The number of fused-ring (bicyclic) bond motifs is 4. The minimum atomic E-state index is -0.243. The maximum atomic E-state index is 12.0. The molecule has 0 radical (unpaired) electrons. The van der Waals surface area contributed by atoms with Gasteiger partial charge in [0, 0.05) is 5.41 Å². The van der Waals surface area contributed by atoms with E-state index in [1.54, 1.807) is 0 Å². The Hall–Kier alpha value is -1.06. The van der Waals surface area contributed by atoms with E-state index in [2.05, 4.69) is 6.92 Å². The molecule has 0 spiro atoms. The number of carbonyl (C=O) groups is 2. The second kappa shape index (κ2) is 4.22. The molecule has 106 valence electrons. The number of carbonyl (C=O) groups excluding carboxylic acids is 2. The Labute approximate surface area is 113 Å². The van der Waals surface area contributed by atoms with Crippen LogP contribution in [0.1, 0.15) is 40.0 Å². The number of hydrogen-bond donors (Lipinski definition) is 0. The average molecular weight is 266 g/mol. The predicted octanol–water partition coefficient (Wildman–Crippen LogP) is 2.16. The molecular weight excluding hydrogens is 244 g/mol. The summed E-state index contributed by atoms with van der Waals surface area (Å²) < 4.78 is 10.8. The highest BCUT2D eigenvalue weighted by atomic mass is 16.6. The zero-order chi connectivity index (χ0) is 13.8. The summed E-state index contributed by atoms with van der Waals surface area (Å²) in [5, 5.41) is 0. The third-order valence-corrected chi connectivity index (χ3v) is 5.52. The second-order valence-electron chi connectivity index (χ2n) is 6.76. The first-order valence-electron chi connectivity index (χ1n) is 7.33. The van der Waals surface area contributed by atoms with Crippen molar-refractivity contribution in [1.29, 1.82) is 0 Å². The molecule has 0 aromatic carbocycles. The van der Waals surface area contributed by atoms with Crippen molar-refractivity contribution in [3.05, 3.63) is 0 Å². The van der Waals surface area contributed by atoms with Crippen LogP contribution in [0.5, 0.6) is 0 Å². The molecule has 0 amide bonds. The van der Waals surface area contributed by atoms with Gasteiger partial charge in [-0.25, -0.2) is 0 Å². The van der Waals surface area contributed by atoms with E-state index in [4.69, 9.17) is 9.47 Å². The highest BCUT2D eigenvalue weighted by Gasteiger charge is 2.71. The topological polar surface area (TPSA) is 52.6 Å². The number of cyclic esters (lactones) is 1. The van der Waals surface area contributed by atoms with Gasteiger partial charge in [-0.1, -0.05) is 27.2 Å². The molecule has 0 aromatic rings. The Balaban J connectivity index is 1.70. The summed E-state index contributed by atoms with van der Waals surface area (Å²) in [5.74, 6) is 0.709. The van der Waals surface area contributed by atoms with Crippen molar-refractivity contribution < 1.29 is 19.1 Å². The molecule has 4 heteroatoms. The monoisotopic (exact) mass is 266 g/mol. The molecule has 1 saturated heterocycles. The molecule has 2 saturated carbocycles. The van der Waals surface area contributed by atoms with Gasteiger partial charge in [-0.2, -0.15) is 0 Å². The zero-order valence-electron chi connectivity index (χ0n) is 11.8. The summed E-state index contributed by atoms with van der Waals surface area (Å²) in [4.78, 5) is 23.6. The van der Waals surface area contributed by atoms with E-state index in [1.165, 1.54) is 12.8 Å². The number of ether oxygens (including phenoxy) is 2. The van der Waals surface area contributed by atoms with E-state index in [0.717, 1.165) is 6.42 Å². The van der Waals surface area contributed by atoms with Crippen LogP contribution in [-0.2, 0) is 19.1 Å². The SMILES string of the molecule is CC(C)C(=O)OC[C@H]1OC(=O)[C@@H]2[C@H]3CCC[C@H]3[C@@]21C. The highest BCUT2D eigenvalue weighted by molar-refractivity contribution is 5.79. The van der Waals surface area contributed by atoms with Gasteiger partial charge in [0.25, 0.3) is 0 Å². The largest absolute Gasteiger partial charge is 0.462 e. The lowest BCUT2D eigenvalue weighted by Crippen LogP contribution is -2.56. The van der Waals surface area contributed by atoms with Crippen LogP contribution < -0.4 is 0 Å². The van der Waals surface area contributed by atoms with Crippen molar-refractivity contribution in [2.24, 2.45) is 29.1 Å². The van der Waals surface area contributed by atoms with E-state index in [1.807, 2.05) is 13.8 Å². The number of hydrogen-bond acceptors (Lipinski definition) is 4. The fourth-order valence-corrected chi connectivity index (χ4v) is 4.48. The molecule has 4 nitrogen and oxygen atoms in total. The molecule has 0 bridgehead atoms. The normalized spacial score (nSPS) is 43.5. The molecule has 3 fully saturated rings.